The Kier molecular flexibility index (Phi) is 5.80. The second-order valence-electron chi connectivity index (χ2n) is 3.77. The van der Waals surface area contributed by atoms with Crippen molar-refractivity contribution in [3.05, 3.63) is 47.5 Å². The van der Waals surface area contributed by atoms with Crippen LogP contribution in [0.1, 0.15) is 24.9 Å². The van der Waals surface area contributed by atoms with Crippen molar-refractivity contribution < 1.29 is 8.78 Å². The minimum Gasteiger partial charge on any atom is -0.329 e. The predicted octanol–water partition coefficient (Wildman–Crippen LogP) is 2.52. The fourth-order valence-electron chi connectivity index (χ4n) is 1.61. The Labute approximate surface area is 101 Å². The third-order valence-corrected chi connectivity index (χ3v) is 2.51. The van der Waals surface area contributed by atoms with Crippen LogP contribution in [0, 0.1) is 11.6 Å². The Bertz CT molecular complexity index is 378. The topological polar surface area (TPSA) is 38.0 Å². The molecule has 0 aromatic heterocycles. The molecular weight excluding hydrogens is 222 g/mol. The maximum atomic E-state index is 13.5. The van der Waals surface area contributed by atoms with E-state index in [0.717, 1.165) is 18.6 Å². The van der Waals surface area contributed by atoms with Gasteiger partial charge in [0.25, 0.3) is 0 Å². The summed E-state index contributed by atoms with van der Waals surface area (Å²) in [4.78, 5) is 0. The van der Waals surface area contributed by atoms with E-state index < -0.39 is 11.6 Å². The molecule has 1 rings (SSSR count). The van der Waals surface area contributed by atoms with Gasteiger partial charge in [-0.25, -0.2) is 8.78 Å². The molecule has 0 aliphatic rings. The first-order chi connectivity index (χ1) is 8.19. The third kappa shape index (κ3) is 4.24. The minimum atomic E-state index is -0.449. The molecule has 0 radical (unpaired) electrons. The first-order valence-electron chi connectivity index (χ1n) is 5.68. The second-order valence-corrected chi connectivity index (χ2v) is 3.77. The number of nitrogens with one attached hydrogen (secondary N) is 1. The van der Waals surface area contributed by atoms with E-state index in [1.807, 2.05) is 19.1 Å². The fraction of sp³-hybridized carbons (Fsp3) is 0.385. The van der Waals surface area contributed by atoms with E-state index in [-0.39, 0.29) is 18.2 Å². The number of allylic oxidation sites excluding steroid dienone is 1. The highest BCUT2D eigenvalue weighted by molar-refractivity contribution is 5.22. The molecule has 1 unspecified atom stereocenters. The molecule has 1 aromatic rings. The van der Waals surface area contributed by atoms with Gasteiger partial charge in [0.2, 0.25) is 0 Å². The Morgan fingerprint density at radius 3 is 2.82 bits per heavy atom. The van der Waals surface area contributed by atoms with Crippen molar-refractivity contribution in [3.63, 3.8) is 0 Å². The predicted molar refractivity (Wildman–Crippen MR) is 65.6 cm³/mol. The van der Waals surface area contributed by atoms with Crippen LogP contribution in [0.4, 0.5) is 8.78 Å². The molecule has 3 N–H and O–H groups in total. The summed E-state index contributed by atoms with van der Waals surface area (Å²) in [7, 11) is 0. The number of benzene rings is 1. The smallest absolute Gasteiger partial charge is 0.128 e. The van der Waals surface area contributed by atoms with Crippen molar-refractivity contribution in [2.24, 2.45) is 5.73 Å². The van der Waals surface area contributed by atoms with Crippen molar-refractivity contribution in [2.45, 2.75) is 19.4 Å². The van der Waals surface area contributed by atoms with Crippen LogP contribution in [0.25, 0.3) is 0 Å². The lowest BCUT2D eigenvalue weighted by atomic mass is 10.1. The Balaban J connectivity index is 2.68. The number of nitrogens with two attached hydrogens (primary N) is 1. The van der Waals surface area contributed by atoms with Crippen LogP contribution in [0.15, 0.2) is 30.4 Å². The molecule has 0 saturated heterocycles. The standard InChI is InChI=1S/C13H18F2N2/c1-2-3-4-7-17-13(9-16)11-8-10(14)5-6-12(11)15/h2-3,5-6,8,13,17H,4,7,9,16H2,1H3/b3-2+. The summed E-state index contributed by atoms with van der Waals surface area (Å²) >= 11 is 0. The lowest BCUT2D eigenvalue weighted by molar-refractivity contribution is 0.503. The van der Waals surface area contributed by atoms with Crippen LogP contribution in [0.3, 0.4) is 0 Å². The zero-order valence-corrected chi connectivity index (χ0v) is 9.92. The minimum absolute atomic E-state index is 0.232. The van der Waals surface area contributed by atoms with Crippen molar-refractivity contribution in [1.29, 1.82) is 0 Å². The fourth-order valence-corrected chi connectivity index (χ4v) is 1.61. The van der Waals surface area contributed by atoms with E-state index >= 15 is 0 Å². The molecule has 1 atom stereocenters. The van der Waals surface area contributed by atoms with E-state index in [1.165, 1.54) is 6.07 Å². The van der Waals surface area contributed by atoms with Gasteiger partial charge >= 0.3 is 0 Å². The second kappa shape index (κ2) is 7.14. The summed E-state index contributed by atoms with van der Waals surface area (Å²) in [6.07, 6.45) is 4.79. The van der Waals surface area contributed by atoms with Gasteiger partial charge in [-0.05, 0) is 38.1 Å². The van der Waals surface area contributed by atoms with E-state index in [0.29, 0.717) is 6.54 Å². The van der Waals surface area contributed by atoms with Crippen LogP contribution >= 0.6 is 0 Å². The molecule has 0 aliphatic carbocycles. The molecule has 1 aromatic carbocycles. The summed E-state index contributed by atoms with van der Waals surface area (Å²) in [6, 6.07) is 3.07. The quantitative estimate of drug-likeness (QED) is 0.592. The Hall–Kier alpha value is -1.26. The van der Waals surface area contributed by atoms with Gasteiger partial charge in [-0.1, -0.05) is 12.2 Å². The molecule has 0 amide bonds. The molecule has 0 saturated carbocycles. The van der Waals surface area contributed by atoms with Crippen LogP contribution in [0.5, 0.6) is 0 Å². The zero-order valence-electron chi connectivity index (χ0n) is 9.92. The van der Waals surface area contributed by atoms with Crippen LogP contribution in [0.2, 0.25) is 0 Å². The van der Waals surface area contributed by atoms with Gasteiger partial charge in [0, 0.05) is 18.2 Å². The molecule has 0 spiro atoms. The van der Waals surface area contributed by atoms with Gasteiger partial charge in [-0.3, -0.25) is 0 Å². The summed E-state index contributed by atoms with van der Waals surface area (Å²) in [5.74, 6) is -0.879. The molecule has 4 heteroatoms. The molecule has 94 valence electrons. The van der Waals surface area contributed by atoms with Gasteiger partial charge in [0.1, 0.15) is 11.6 Å². The Morgan fingerprint density at radius 1 is 1.41 bits per heavy atom. The largest absolute Gasteiger partial charge is 0.329 e. The first kappa shape index (κ1) is 13.8. The van der Waals surface area contributed by atoms with Crippen molar-refractivity contribution in [2.75, 3.05) is 13.1 Å². The molecule has 17 heavy (non-hydrogen) atoms. The Morgan fingerprint density at radius 2 is 2.18 bits per heavy atom. The summed E-state index contributed by atoms with van der Waals surface area (Å²) in [5.41, 5.74) is 5.85. The molecule has 0 bridgehead atoms. The molecule has 0 heterocycles. The highest BCUT2D eigenvalue weighted by Gasteiger charge is 2.14. The average molecular weight is 240 g/mol. The van der Waals surface area contributed by atoms with Crippen molar-refractivity contribution in [1.82, 2.24) is 5.32 Å². The average Bonchev–Trinajstić information content (AvgIpc) is 2.33. The van der Waals surface area contributed by atoms with E-state index in [4.69, 9.17) is 5.73 Å². The van der Waals surface area contributed by atoms with E-state index in [2.05, 4.69) is 5.32 Å². The van der Waals surface area contributed by atoms with Crippen LogP contribution in [-0.4, -0.2) is 13.1 Å². The van der Waals surface area contributed by atoms with Crippen LogP contribution in [-0.2, 0) is 0 Å². The lowest BCUT2D eigenvalue weighted by Crippen LogP contribution is -2.29. The van der Waals surface area contributed by atoms with Gasteiger partial charge in [-0.2, -0.15) is 0 Å². The van der Waals surface area contributed by atoms with Crippen molar-refractivity contribution in [3.8, 4) is 0 Å². The molecule has 2 nitrogen and oxygen atoms in total. The lowest BCUT2D eigenvalue weighted by Gasteiger charge is -2.17. The summed E-state index contributed by atoms with van der Waals surface area (Å²) in [6.45, 7) is 2.85. The van der Waals surface area contributed by atoms with Gasteiger partial charge < -0.3 is 11.1 Å². The molecular formula is C13H18F2N2. The zero-order chi connectivity index (χ0) is 12.7. The normalized spacial score (nSPS) is 13.2. The SMILES string of the molecule is C/C=C/CCNC(CN)c1cc(F)ccc1F. The van der Waals surface area contributed by atoms with Gasteiger partial charge in [0.05, 0.1) is 0 Å². The van der Waals surface area contributed by atoms with E-state index in [1.54, 1.807) is 0 Å². The van der Waals surface area contributed by atoms with E-state index in [9.17, 15) is 8.78 Å². The highest BCUT2D eigenvalue weighted by atomic mass is 19.1. The van der Waals surface area contributed by atoms with Crippen LogP contribution < -0.4 is 11.1 Å². The number of hydrogen-bond acceptors (Lipinski definition) is 2. The summed E-state index contributed by atoms with van der Waals surface area (Å²) < 4.78 is 26.5. The molecule has 0 aliphatic heterocycles. The van der Waals surface area contributed by atoms with Gasteiger partial charge in [-0.15, -0.1) is 0 Å². The maximum absolute atomic E-state index is 13.5. The summed E-state index contributed by atoms with van der Waals surface area (Å²) in [5, 5.41) is 3.11. The number of halogens is 2. The third-order valence-electron chi connectivity index (χ3n) is 2.51. The number of hydrogen-bond donors (Lipinski definition) is 2. The first-order valence-corrected chi connectivity index (χ1v) is 5.68. The molecule has 0 fully saturated rings. The number of rotatable bonds is 6. The van der Waals surface area contributed by atoms with Crippen molar-refractivity contribution >= 4 is 0 Å². The maximum Gasteiger partial charge on any atom is 0.128 e. The monoisotopic (exact) mass is 240 g/mol. The van der Waals surface area contributed by atoms with Gasteiger partial charge in [0.15, 0.2) is 0 Å². The highest BCUT2D eigenvalue weighted by Crippen LogP contribution is 2.17.